The Balaban J connectivity index is 1.40. The molecule has 3 aromatic heterocycles. The molecule has 0 bridgehead atoms. The van der Waals surface area contributed by atoms with Crippen LogP contribution in [-0.2, 0) is 13.0 Å². The van der Waals surface area contributed by atoms with Crippen LogP contribution in [0.2, 0.25) is 0 Å². The molecule has 0 atom stereocenters. The van der Waals surface area contributed by atoms with Crippen LogP contribution in [0.5, 0.6) is 0 Å². The quantitative estimate of drug-likeness (QED) is 0.312. The molecule has 5 aromatic rings. The van der Waals surface area contributed by atoms with Crippen molar-refractivity contribution in [1.82, 2.24) is 19.9 Å². The number of hydrogen-bond donors (Lipinski definition) is 2. The van der Waals surface area contributed by atoms with Crippen LogP contribution in [0.1, 0.15) is 11.4 Å². The number of aromatic amines is 2. The fourth-order valence-electron chi connectivity index (χ4n) is 4.08. The molecule has 7 heteroatoms. The number of benzene rings is 2. The molecule has 0 aliphatic carbocycles. The summed E-state index contributed by atoms with van der Waals surface area (Å²) in [6.45, 7) is 1.43. The summed E-state index contributed by atoms with van der Waals surface area (Å²) in [6.07, 6.45) is 4.42. The zero-order chi connectivity index (χ0) is 22.6. The predicted octanol–water partition coefficient (Wildman–Crippen LogP) is 5.53. The summed E-state index contributed by atoms with van der Waals surface area (Å²) >= 11 is 0. The van der Waals surface area contributed by atoms with Gasteiger partial charge in [0.25, 0.3) is 0 Å². The van der Waals surface area contributed by atoms with Crippen LogP contribution in [0.25, 0.3) is 33.6 Å². The average molecular weight is 439 g/mol. The lowest BCUT2D eigenvalue weighted by molar-refractivity contribution is 0.295. The molecule has 5 rings (SSSR count). The SMILES string of the molecule is N#CCN(CCc1c[nH]c2ccccc12)Cc1nc(-c2cccc(F)c2)c(-c2ccco2)[nH]1. The van der Waals surface area contributed by atoms with Gasteiger partial charge in [-0.3, -0.25) is 4.90 Å². The minimum Gasteiger partial charge on any atom is -0.463 e. The molecule has 0 radical (unpaired) electrons. The van der Waals surface area contributed by atoms with Crippen LogP contribution in [0.15, 0.2) is 77.5 Å². The van der Waals surface area contributed by atoms with Gasteiger partial charge in [-0.1, -0.05) is 30.3 Å². The van der Waals surface area contributed by atoms with E-state index < -0.39 is 0 Å². The summed E-state index contributed by atoms with van der Waals surface area (Å²) in [6, 6.07) is 20.4. The molecule has 0 saturated heterocycles. The molecule has 2 aromatic carbocycles. The lowest BCUT2D eigenvalue weighted by Gasteiger charge is -2.17. The lowest BCUT2D eigenvalue weighted by atomic mass is 10.1. The van der Waals surface area contributed by atoms with E-state index in [-0.39, 0.29) is 12.4 Å². The molecule has 0 aliphatic rings. The zero-order valence-electron chi connectivity index (χ0n) is 17.9. The number of H-pyrrole nitrogens is 2. The van der Waals surface area contributed by atoms with Gasteiger partial charge >= 0.3 is 0 Å². The zero-order valence-corrected chi connectivity index (χ0v) is 17.9. The molecular formula is C26H22FN5O. The normalized spacial score (nSPS) is 11.3. The van der Waals surface area contributed by atoms with Crippen molar-refractivity contribution in [3.05, 3.63) is 90.3 Å². The summed E-state index contributed by atoms with van der Waals surface area (Å²) in [5, 5.41) is 10.6. The van der Waals surface area contributed by atoms with Crippen LogP contribution in [0.3, 0.4) is 0 Å². The van der Waals surface area contributed by atoms with Gasteiger partial charge in [0.1, 0.15) is 17.3 Å². The van der Waals surface area contributed by atoms with E-state index in [9.17, 15) is 9.65 Å². The van der Waals surface area contributed by atoms with Gasteiger partial charge in [-0.15, -0.1) is 0 Å². The van der Waals surface area contributed by atoms with E-state index in [2.05, 4.69) is 28.2 Å². The van der Waals surface area contributed by atoms with E-state index in [1.54, 1.807) is 18.4 Å². The maximum absolute atomic E-state index is 13.9. The second kappa shape index (κ2) is 9.15. The first kappa shape index (κ1) is 20.7. The number of fused-ring (bicyclic) bond motifs is 1. The standard InChI is InChI=1S/C26H22FN5O/c27-20-6-3-5-18(15-20)25-26(23-9-4-14-33-23)31-24(30-25)17-32(13-11-28)12-10-19-16-29-22-8-2-1-7-21(19)22/h1-9,14-16,29H,10,12-13,17H2,(H,30,31). The second-order valence-corrected chi connectivity index (χ2v) is 7.87. The highest BCUT2D eigenvalue weighted by Crippen LogP contribution is 2.31. The molecule has 0 amide bonds. The van der Waals surface area contributed by atoms with Gasteiger partial charge < -0.3 is 14.4 Å². The summed E-state index contributed by atoms with van der Waals surface area (Å²) in [7, 11) is 0. The van der Waals surface area contributed by atoms with E-state index >= 15 is 0 Å². The van der Waals surface area contributed by atoms with Gasteiger partial charge in [0.15, 0.2) is 5.76 Å². The fraction of sp³-hybridized carbons (Fsp3) is 0.154. The Hall–Kier alpha value is -4.15. The van der Waals surface area contributed by atoms with Crippen LogP contribution >= 0.6 is 0 Å². The Kier molecular flexibility index (Phi) is 5.75. The Bertz CT molecular complexity index is 1410. The van der Waals surface area contributed by atoms with Crippen molar-refractivity contribution in [2.75, 3.05) is 13.1 Å². The van der Waals surface area contributed by atoms with Gasteiger partial charge in [-0.2, -0.15) is 5.26 Å². The number of aromatic nitrogens is 3. The number of para-hydroxylation sites is 1. The van der Waals surface area contributed by atoms with Gasteiger partial charge in [-0.25, -0.2) is 9.37 Å². The van der Waals surface area contributed by atoms with Gasteiger partial charge in [-0.05, 0) is 42.3 Å². The highest BCUT2D eigenvalue weighted by atomic mass is 19.1. The molecule has 0 spiro atoms. The van der Waals surface area contributed by atoms with Crippen molar-refractivity contribution in [2.45, 2.75) is 13.0 Å². The highest BCUT2D eigenvalue weighted by molar-refractivity contribution is 5.83. The number of nitrogens with one attached hydrogen (secondary N) is 2. The maximum Gasteiger partial charge on any atom is 0.152 e. The van der Waals surface area contributed by atoms with Crippen molar-refractivity contribution < 1.29 is 8.81 Å². The third-order valence-electron chi connectivity index (χ3n) is 5.66. The molecular weight excluding hydrogens is 417 g/mol. The molecule has 0 unspecified atom stereocenters. The first-order valence-electron chi connectivity index (χ1n) is 10.7. The fourth-order valence-corrected chi connectivity index (χ4v) is 4.08. The van der Waals surface area contributed by atoms with Crippen LogP contribution in [0.4, 0.5) is 4.39 Å². The van der Waals surface area contributed by atoms with Crippen LogP contribution < -0.4 is 0 Å². The van der Waals surface area contributed by atoms with Gasteiger partial charge in [0.2, 0.25) is 0 Å². The third kappa shape index (κ3) is 4.43. The number of furan rings is 1. The van der Waals surface area contributed by atoms with E-state index in [1.165, 1.54) is 23.1 Å². The number of halogens is 1. The van der Waals surface area contributed by atoms with Crippen molar-refractivity contribution >= 4 is 10.9 Å². The van der Waals surface area contributed by atoms with Gasteiger partial charge in [0, 0.05) is 29.2 Å². The van der Waals surface area contributed by atoms with E-state index in [0.29, 0.717) is 41.6 Å². The Morgan fingerprint density at radius 2 is 2.00 bits per heavy atom. The largest absolute Gasteiger partial charge is 0.463 e. The second-order valence-electron chi connectivity index (χ2n) is 7.87. The first-order chi connectivity index (χ1) is 16.2. The average Bonchev–Trinajstić information content (AvgIpc) is 3.57. The summed E-state index contributed by atoms with van der Waals surface area (Å²) < 4.78 is 19.5. The molecule has 3 heterocycles. The minimum absolute atomic E-state index is 0.272. The smallest absolute Gasteiger partial charge is 0.152 e. The summed E-state index contributed by atoms with van der Waals surface area (Å²) in [5.41, 5.74) is 4.29. The molecule has 2 N–H and O–H groups in total. The summed E-state index contributed by atoms with van der Waals surface area (Å²) in [5.74, 6) is 0.987. The summed E-state index contributed by atoms with van der Waals surface area (Å²) in [4.78, 5) is 13.4. The van der Waals surface area contributed by atoms with Crippen molar-refractivity contribution in [3.8, 4) is 28.8 Å². The Morgan fingerprint density at radius 1 is 1.09 bits per heavy atom. The monoisotopic (exact) mass is 439 g/mol. The molecule has 0 aliphatic heterocycles. The van der Waals surface area contributed by atoms with Gasteiger partial charge in [0.05, 0.1) is 31.1 Å². The highest BCUT2D eigenvalue weighted by Gasteiger charge is 2.18. The van der Waals surface area contributed by atoms with E-state index in [0.717, 1.165) is 11.9 Å². The lowest BCUT2D eigenvalue weighted by Crippen LogP contribution is -2.26. The first-order valence-corrected chi connectivity index (χ1v) is 10.7. The van der Waals surface area contributed by atoms with Crippen LogP contribution in [0, 0.1) is 17.1 Å². The number of imidazole rings is 1. The Labute approximate surface area is 190 Å². The minimum atomic E-state index is -0.327. The van der Waals surface area contributed by atoms with Crippen molar-refractivity contribution in [2.24, 2.45) is 0 Å². The molecule has 164 valence electrons. The van der Waals surface area contributed by atoms with E-state index in [1.807, 2.05) is 35.4 Å². The molecule has 0 saturated carbocycles. The number of rotatable bonds is 8. The topological polar surface area (TPSA) is 84.6 Å². The molecule has 6 nitrogen and oxygen atoms in total. The molecule has 0 fully saturated rings. The van der Waals surface area contributed by atoms with Crippen molar-refractivity contribution in [1.29, 1.82) is 5.26 Å². The van der Waals surface area contributed by atoms with E-state index in [4.69, 9.17) is 9.40 Å². The number of hydrogen-bond acceptors (Lipinski definition) is 4. The maximum atomic E-state index is 13.9. The molecule has 33 heavy (non-hydrogen) atoms. The predicted molar refractivity (Wildman–Crippen MR) is 125 cm³/mol. The van der Waals surface area contributed by atoms with Crippen molar-refractivity contribution in [3.63, 3.8) is 0 Å². The van der Waals surface area contributed by atoms with Crippen LogP contribution in [-0.4, -0.2) is 32.9 Å². The number of nitrogens with zero attached hydrogens (tertiary/aromatic N) is 3. The Morgan fingerprint density at radius 3 is 2.82 bits per heavy atom. The number of nitriles is 1. The third-order valence-corrected chi connectivity index (χ3v) is 5.66.